The molecular formula is C15H21N5O5S. The normalized spacial score (nSPS) is 22.2. The lowest BCUT2D eigenvalue weighted by Crippen LogP contribution is -2.53. The molecule has 0 spiro atoms. The topological polar surface area (TPSA) is 113 Å². The highest BCUT2D eigenvalue weighted by Crippen LogP contribution is 2.23. The summed E-state index contributed by atoms with van der Waals surface area (Å²) in [6.07, 6.45) is 5.15. The van der Waals surface area contributed by atoms with E-state index in [1.165, 1.54) is 29.2 Å². The van der Waals surface area contributed by atoms with Crippen molar-refractivity contribution in [2.45, 2.75) is 18.9 Å². The van der Waals surface area contributed by atoms with Gasteiger partial charge in [0.05, 0.1) is 30.9 Å². The molecule has 0 saturated carbocycles. The van der Waals surface area contributed by atoms with Crippen molar-refractivity contribution in [1.82, 2.24) is 14.3 Å². The maximum atomic E-state index is 12.7. The lowest BCUT2D eigenvalue weighted by Gasteiger charge is -2.34. The van der Waals surface area contributed by atoms with Crippen molar-refractivity contribution in [3.8, 4) is 0 Å². The van der Waals surface area contributed by atoms with Gasteiger partial charge in [-0.25, -0.2) is 18.4 Å². The molecule has 0 radical (unpaired) electrons. The minimum atomic E-state index is -3.48. The first-order valence-electron chi connectivity index (χ1n) is 8.23. The molecule has 3 heterocycles. The Morgan fingerprint density at radius 1 is 1.19 bits per heavy atom. The minimum absolute atomic E-state index is 0.0197. The fourth-order valence-corrected chi connectivity index (χ4v) is 3.67. The zero-order valence-electron chi connectivity index (χ0n) is 14.7. The van der Waals surface area contributed by atoms with Gasteiger partial charge in [0.15, 0.2) is 0 Å². The number of piperidine rings is 1. The Balaban J connectivity index is 1.78. The molecule has 11 heteroatoms. The average molecular weight is 383 g/mol. The fourth-order valence-electron chi connectivity index (χ4n) is 3.01. The van der Waals surface area contributed by atoms with Crippen LogP contribution in [0.3, 0.4) is 0 Å². The molecule has 1 aromatic heterocycles. The van der Waals surface area contributed by atoms with Crippen LogP contribution in [-0.4, -0.2) is 80.2 Å². The summed E-state index contributed by atoms with van der Waals surface area (Å²) in [6.45, 7) is 1.30. The van der Waals surface area contributed by atoms with Gasteiger partial charge in [0.1, 0.15) is 12.6 Å². The second-order valence-electron chi connectivity index (χ2n) is 6.27. The Hall–Kier alpha value is -2.11. The molecule has 0 aromatic carbocycles. The number of anilines is 2. The SMILES string of the molecule is CN(C1CCCN(c2ncc(N3CCOCC3=O)cn2)C1=O)S(C)(=O)=O. The van der Waals surface area contributed by atoms with E-state index in [0.29, 0.717) is 38.2 Å². The minimum Gasteiger partial charge on any atom is -0.370 e. The maximum Gasteiger partial charge on any atom is 0.253 e. The van der Waals surface area contributed by atoms with E-state index in [1.54, 1.807) is 0 Å². The van der Waals surface area contributed by atoms with Crippen LogP contribution in [0.15, 0.2) is 12.4 Å². The standard InChI is InChI=1S/C15H21N5O5S/c1-18(26(2,23)24)12-4-3-5-20(14(12)22)15-16-8-11(9-17-15)19-6-7-25-10-13(19)21/h8-9,12H,3-7,10H2,1-2H3. The van der Waals surface area contributed by atoms with Crippen molar-refractivity contribution in [2.24, 2.45) is 0 Å². The largest absolute Gasteiger partial charge is 0.370 e. The number of carbonyl (C=O) groups excluding carboxylic acids is 2. The monoisotopic (exact) mass is 383 g/mol. The number of ether oxygens (including phenoxy) is 1. The maximum absolute atomic E-state index is 12.7. The number of rotatable bonds is 4. The van der Waals surface area contributed by atoms with Crippen LogP contribution in [0.5, 0.6) is 0 Å². The lowest BCUT2D eigenvalue weighted by atomic mass is 10.1. The average Bonchev–Trinajstić information content (AvgIpc) is 2.61. The van der Waals surface area contributed by atoms with E-state index in [-0.39, 0.29) is 24.4 Å². The smallest absolute Gasteiger partial charge is 0.253 e. The van der Waals surface area contributed by atoms with E-state index < -0.39 is 16.1 Å². The van der Waals surface area contributed by atoms with Gasteiger partial charge in [0.2, 0.25) is 21.9 Å². The third-order valence-corrected chi connectivity index (χ3v) is 5.84. The fraction of sp³-hybridized carbons (Fsp3) is 0.600. The number of hydrogen-bond acceptors (Lipinski definition) is 7. The van der Waals surface area contributed by atoms with Gasteiger partial charge in [-0.3, -0.25) is 14.5 Å². The summed E-state index contributed by atoms with van der Waals surface area (Å²) >= 11 is 0. The Kier molecular flexibility index (Phi) is 5.21. The van der Waals surface area contributed by atoms with Crippen LogP contribution in [0.2, 0.25) is 0 Å². The van der Waals surface area contributed by atoms with E-state index in [1.807, 2.05) is 0 Å². The summed E-state index contributed by atoms with van der Waals surface area (Å²) in [4.78, 5) is 35.9. The molecule has 142 valence electrons. The third kappa shape index (κ3) is 3.69. The van der Waals surface area contributed by atoms with Crippen LogP contribution in [-0.2, 0) is 24.3 Å². The number of morpholine rings is 1. The number of carbonyl (C=O) groups is 2. The molecule has 1 unspecified atom stereocenters. The highest BCUT2D eigenvalue weighted by molar-refractivity contribution is 7.88. The molecule has 1 atom stereocenters. The first kappa shape index (κ1) is 18.7. The first-order chi connectivity index (χ1) is 12.3. The van der Waals surface area contributed by atoms with Crippen molar-refractivity contribution in [2.75, 3.05) is 49.4 Å². The van der Waals surface area contributed by atoms with Crippen LogP contribution in [0, 0.1) is 0 Å². The number of sulfonamides is 1. The molecule has 10 nitrogen and oxygen atoms in total. The highest BCUT2D eigenvalue weighted by Gasteiger charge is 2.37. The van der Waals surface area contributed by atoms with E-state index in [4.69, 9.17) is 4.74 Å². The molecule has 2 aliphatic rings. The summed E-state index contributed by atoms with van der Waals surface area (Å²) in [5, 5.41) is 0. The second-order valence-corrected chi connectivity index (χ2v) is 8.31. The van der Waals surface area contributed by atoms with Crippen molar-refractivity contribution in [3.63, 3.8) is 0 Å². The van der Waals surface area contributed by atoms with Crippen LogP contribution in [0.1, 0.15) is 12.8 Å². The van der Waals surface area contributed by atoms with Gasteiger partial charge in [0, 0.05) is 20.1 Å². The van der Waals surface area contributed by atoms with E-state index in [0.717, 1.165) is 10.6 Å². The predicted octanol–water partition coefficient (Wildman–Crippen LogP) is -0.773. The van der Waals surface area contributed by atoms with Crippen LogP contribution in [0.4, 0.5) is 11.6 Å². The van der Waals surface area contributed by atoms with Gasteiger partial charge in [-0.05, 0) is 12.8 Å². The third-order valence-electron chi connectivity index (χ3n) is 4.54. The molecule has 26 heavy (non-hydrogen) atoms. The lowest BCUT2D eigenvalue weighted by molar-refractivity contribution is -0.126. The molecule has 3 rings (SSSR count). The Bertz CT molecular complexity index is 797. The molecule has 0 N–H and O–H groups in total. The van der Waals surface area contributed by atoms with Gasteiger partial charge >= 0.3 is 0 Å². The molecule has 2 fully saturated rings. The molecule has 2 amide bonds. The van der Waals surface area contributed by atoms with Crippen molar-refractivity contribution < 1.29 is 22.7 Å². The molecular weight excluding hydrogens is 362 g/mol. The van der Waals surface area contributed by atoms with Crippen LogP contribution in [0.25, 0.3) is 0 Å². The quantitative estimate of drug-likeness (QED) is 0.671. The van der Waals surface area contributed by atoms with Gasteiger partial charge in [-0.15, -0.1) is 0 Å². The van der Waals surface area contributed by atoms with Crippen LogP contribution >= 0.6 is 0 Å². The van der Waals surface area contributed by atoms with Gasteiger partial charge in [0.25, 0.3) is 5.91 Å². The molecule has 0 aliphatic carbocycles. The predicted molar refractivity (Wildman–Crippen MR) is 93.2 cm³/mol. The Labute approximate surface area is 151 Å². The zero-order valence-corrected chi connectivity index (χ0v) is 15.5. The molecule has 1 aromatic rings. The first-order valence-corrected chi connectivity index (χ1v) is 10.1. The van der Waals surface area contributed by atoms with Crippen molar-refractivity contribution in [1.29, 1.82) is 0 Å². The zero-order chi connectivity index (χ0) is 18.9. The Morgan fingerprint density at radius 3 is 2.50 bits per heavy atom. The van der Waals surface area contributed by atoms with E-state index in [2.05, 4.69) is 9.97 Å². The number of hydrogen-bond donors (Lipinski definition) is 0. The van der Waals surface area contributed by atoms with Crippen LogP contribution < -0.4 is 9.80 Å². The van der Waals surface area contributed by atoms with Crippen molar-refractivity contribution >= 4 is 33.5 Å². The number of nitrogens with zero attached hydrogens (tertiary/aromatic N) is 5. The summed E-state index contributed by atoms with van der Waals surface area (Å²) in [5.74, 6) is -0.318. The van der Waals surface area contributed by atoms with Gasteiger partial charge < -0.3 is 9.64 Å². The van der Waals surface area contributed by atoms with Gasteiger partial charge in [-0.1, -0.05) is 0 Å². The second kappa shape index (κ2) is 7.25. The Morgan fingerprint density at radius 2 is 1.88 bits per heavy atom. The summed E-state index contributed by atoms with van der Waals surface area (Å²) < 4.78 is 29.7. The summed E-state index contributed by atoms with van der Waals surface area (Å²) in [6, 6.07) is -0.761. The molecule has 2 aliphatic heterocycles. The molecule has 2 saturated heterocycles. The summed E-state index contributed by atoms with van der Waals surface area (Å²) in [5.41, 5.74) is 0.538. The summed E-state index contributed by atoms with van der Waals surface area (Å²) in [7, 11) is -2.08. The molecule has 0 bridgehead atoms. The van der Waals surface area contributed by atoms with Gasteiger partial charge in [-0.2, -0.15) is 4.31 Å². The number of amides is 2. The highest BCUT2D eigenvalue weighted by atomic mass is 32.2. The van der Waals surface area contributed by atoms with E-state index >= 15 is 0 Å². The van der Waals surface area contributed by atoms with E-state index in [9.17, 15) is 18.0 Å². The van der Waals surface area contributed by atoms with Crippen molar-refractivity contribution in [3.05, 3.63) is 12.4 Å². The number of likely N-dealkylation sites (N-methyl/N-ethyl adjacent to an activating group) is 1. The number of aromatic nitrogens is 2.